The molecule has 0 spiro atoms. The summed E-state index contributed by atoms with van der Waals surface area (Å²) in [6.07, 6.45) is 4.78. The smallest absolute Gasteiger partial charge is 0.127 e. The molecule has 0 atom stereocenters. The van der Waals surface area contributed by atoms with Crippen LogP contribution < -0.4 is 16.8 Å². The fourth-order valence-electron chi connectivity index (χ4n) is 2.15. The topological polar surface area (TPSA) is 87.9 Å². The zero-order valence-corrected chi connectivity index (χ0v) is 9.29. The van der Waals surface area contributed by atoms with Crippen LogP contribution in [0.15, 0.2) is 18.2 Å². The highest BCUT2D eigenvalue weighted by molar-refractivity contribution is 6.03. The van der Waals surface area contributed by atoms with E-state index in [1.54, 1.807) is 6.07 Å². The van der Waals surface area contributed by atoms with Gasteiger partial charge in [-0.2, -0.15) is 0 Å². The molecular formula is C12H18N4. The van der Waals surface area contributed by atoms with E-state index in [0.717, 1.165) is 12.8 Å². The highest BCUT2D eigenvalue weighted by atomic mass is 15.0. The molecule has 0 heterocycles. The van der Waals surface area contributed by atoms with E-state index in [0.29, 0.717) is 28.8 Å². The zero-order valence-electron chi connectivity index (χ0n) is 9.29. The summed E-state index contributed by atoms with van der Waals surface area (Å²) in [7, 11) is 0. The van der Waals surface area contributed by atoms with Gasteiger partial charge in [0.15, 0.2) is 0 Å². The Labute approximate surface area is 95.5 Å². The fourth-order valence-corrected chi connectivity index (χ4v) is 2.15. The van der Waals surface area contributed by atoms with Gasteiger partial charge >= 0.3 is 0 Å². The van der Waals surface area contributed by atoms with Crippen LogP contribution in [-0.4, -0.2) is 11.9 Å². The molecule has 0 bridgehead atoms. The summed E-state index contributed by atoms with van der Waals surface area (Å²) in [5.74, 6) is 0.386. The molecule has 6 N–H and O–H groups in total. The van der Waals surface area contributed by atoms with Crippen LogP contribution in [0.3, 0.4) is 0 Å². The molecule has 0 saturated heterocycles. The molecule has 0 aromatic heterocycles. The van der Waals surface area contributed by atoms with E-state index in [1.165, 1.54) is 12.8 Å². The summed E-state index contributed by atoms with van der Waals surface area (Å²) in [5, 5.41) is 11.2. The highest BCUT2D eigenvalue weighted by Gasteiger charge is 2.17. The van der Waals surface area contributed by atoms with Crippen molar-refractivity contribution >= 4 is 17.2 Å². The quantitative estimate of drug-likeness (QED) is 0.346. The lowest BCUT2D eigenvalue weighted by atomic mass is 10.1. The van der Waals surface area contributed by atoms with Crippen LogP contribution in [0.25, 0.3) is 0 Å². The van der Waals surface area contributed by atoms with Crippen molar-refractivity contribution in [2.75, 3.05) is 11.5 Å². The van der Waals surface area contributed by atoms with E-state index in [1.807, 2.05) is 12.1 Å². The molecule has 1 saturated carbocycles. The van der Waals surface area contributed by atoms with Gasteiger partial charge in [0.25, 0.3) is 0 Å². The van der Waals surface area contributed by atoms with Gasteiger partial charge in [0, 0.05) is 11.6 Å². The van der Waals surface area contributed by atoms with E-state index >= 15 is 0 Å². The molecule has 1 aliphatic rings. The Morgan fingerprint density at radius 2 is 1.94 bits per heavy atom. The molecule has 0 unspecified atom stereocenters. The monoisotopic (exact) mass is 218 g/mol. The van der Waals surface area contributed by atoms with Gasteiger partial charge in [-0.05, 0) is 25.0 Å². The summed E-state index contributed by atoms with van der Waals surface area (Å²) < 4.78 is 0. The van der Waals surface area contributed by atoms with Crippen molar-refractivity contribution in [1.29, 1.82) is 5.41 Å². The minimum Gasteiger partial charge on any atom is -0.397 e. The molecule has 2 rings (SSSR count). The third kappa shape index (κ3) is 2.10. The SMILES string of the molecule is N=C(NC1CCCC1)c1cccc(N)c1N. The van der Waals surface area contributed by atoms with Gasteiger partial charge in [-0.15, -0.1) is 0 Å². The Morgan fingerprint density at radius 3 is 2.62 bits per heavy atom. The fraction of sp³-hybridized carbons (Fsp3) is 0.417. The third-order valence-electron chi connectivity index (χ3n) is 3.11. The van der Waals surface area contributed by atoms with Gasteiger partial charge in [-0.3, -0.25) is 5.41 Å². The maximum Gasteiger partial charge on any atom is 0.127 e. The lowest BCUT2D eigenvalue weighted by molar-refractivity contribution is 0.629. The highest BCUT2D eigenvalue weighted by Crippen LogP contribution is 2.21. The first kappa shape index (κ1) is 10.8. The molecule has 0 amide bonds. The summed E-state index contributed by atoms with van der Waals surface area (Å²) in [6.45, 7) is 0. The minimum absolute atomic E-state index is 0.386. The molecular weight excluding hydrogens is 200 g/mol. The normalized spacial score (nSPS) is 16.2. The molecule has 0 aliphatic heterocycles. The molecule has 1 fully saturated rings. The molecule has 1 aromatic rings. The predicted octanol–water partition coefficient (Wildman–Crippen LogP) is 1.71. The van der Waals surface area contributed by atoms with E-state index in [-0.39, 0.29) is 0 Å². The Kier molecular flexibility index (Phi) is 2.99. The second-order valence-corrected chi connectivity index (χ2v) is 4.31. The van der Waals surface area contributed by atoms with Crippen molar-refractivity contribution in [3.05, 3.63) is 23.8 Å². The van der Waals surface area contributed by atoms with Crippen LogP contribution in [0.4, 0.5) is 11.4 Å². The molecule has 86 valence electrons. The number of benzene rings is 1. The number of nitrogens with two attached hydrogens (primary N) is 2. The van der Waals surface area contributed by atoms with Crippen LogP contribution >= 0.6 is 0 Å². The van der Waals surface area contributed by atoms with Crippen LogP contribution in [-0.2, 0) is 0 Å². The van der Waals surface area contributed by atoms with Gasteiger partial charge in [0.05, 0.1) is 11.4 Å². The van der Waals surface area contributed by atoms with Gasteiger partial charge in [0.2, 0.25) is 0 Å². The van der Waals surface area contributed by atoms with E-state index in [9.17, 15) is 0 Å². The Bertz CT molecular complexity index is 394. The van der Waals surface area contributed by atoms with Crippen LogP contribution in [0, 0.1) is 5.41 Å². The van der Waals surface area contributed by atoms with Gasteiger partial charge in [0.1, 0.15) is 5.84 Å². The first-order chi connectivity index (χ1) is 7.68. The lowest BCUT2D eigenvalue weighted by Gasteiger charge is -2.16. The average molecular weight is 218 g/mol. The predicted molar refractivity (Wildman–Crippen MR) is 67.5 cm³/mol. The summed E-state index contributed by atoms with van der Waals surface area (Å²) in [5.41, 5.74) is 13.3. The van der Waals surface area contributed by atoms with Crippen LogP contribution in [0.2, 0.25) is 0 Å². The molecule has 16 heavy (non-hydrogen) atoms. The molecule has 4 nitrogen and oxygen atoms in total. The van der Waals surface area contributed by atoms with Crippen molar-refractivity contribution in [2.45, 2.75) is 31.7 Å². The Morgan fingerprint density at radius 1 is 1.25 bits per heavy atom. The average Bonchev–Trinajstić information content (AvgIpc) is 2.74. The van der Waals surface area contributed by atoms with E-state index in [4.69, 9.17) is 16.9 Å². The Hall–Kier alpha value is -1.71. The van der Waals surface area contributed by atoms with Crippen molar-refractivity contribution in [1.82, 2.24) is 5.32 Å². The zero-order chi connectivity index (χ0) is 11.5. The standard InChI is InChI=1S/C12H18N4/c13-10-7-3-6-9(11(10)14)12(15)16-8-4-1-2-5-8/h3,6-8H,1-2,4-5,13-14H2,(H2,15,16). The number of amidine groups is 1. The van der Waals surface area contributed by atoms with E-state index < -0.39 is 0 Å². The molecule has 4 heteroatoms. The van der Waals surface area contributed by atoms with Crippen LogP contribution in [0.1, 0.15) is 31.2 Å². The third-order valence-corrected chi connectivity index (χ3v) is 3.11. The summed E-state index contributed by atoms with van der Waals surface area (Å²) in [4.78, 5) is 0. The second-order valence-electron chi connectivity index (χ2n) is 4.31. The number of rotatable bonds is 2. The van der Waals surface area contributed by atoms with Crippen LogP contribution in [0.5, 0.6) is 0 Å². The van der Waals surface area contributed by atoms with Crippen molar-refractivity contribution in [2.24, 2.45) is 0 Å². The maximum absolute atomic E-state index is 7.99. The number of hydrogen-bond donors (Lipinski definition) is 4. The number of nitrogens with one attached hydrogen (secondary N) is 2. The van der Waals surface area contributed by atoms with Crippen molar-refractivity contribution < 1.29 is 0 Å². The number of para-hydroxylation sites is 1. The second kappa shape index (κ2) is 4.43. The summed E-state index contributed by atoms with van der Waals surface area (Å²) in [6, 6.07) is 5.83. The Balaban J connectivity index is 2.11. The molecule has 1 aliphatic carbocycles. The van der Waals surface area contributed by atoms with Crippen molar-refractivity contribution in [3.8, 4) is 0 Å². The first-order valence-corrected chi connectivity index (χ1v) is 5.68. The maximum atomic E-state index is 7.99. The van der Waals surface area contributed by atoms with Gasteiger partial charge < -0.3 is 16.8 Å². The largest absolute Gasteiger partial charge is 0.397 e. The minimum atomic E-state index is 0.386. The number of nitrogen functional groups attached to an aromatic ring is 2. The lowest BCUT2D eigenvalue weighted by Crippen LogP contribution is -2.33. The van der Waals surface area contributed by atoms with Crippen molar-refractivity contribution in [3.63, 3.8) is 0 Å². The number of anilines is 2. The molecule has 1 aromatic carbocycles. The first-order valence-electron chi connectivity index (χ1n) is 5.68. The molecule has 0 radical (unpaired) electrons. The van der Waals surface area contributed by atoms with E-state index in [2.05, 4.69) is 5.32 Å². The van der Waals surface area contributed by atoms with Gasteiger partial charge in [-0.1, -0.05) is 18.9 Å². The van der Waals surface area contributed by atoms with Gasteiger partial charge in [-0.25, -0.2) is 0 Å². The number of hydrogen-bond acceptors (Lipinski definition) is 3. The summed E-state index contributed by atoms with van der Waals surface area (Å²) >= 11 is 0.